The molecule has 1 aromatic carbocycles. The predicted octanol–water partition coefficient (Wildman–Crippen LogP) is 1.72. The molecule has 4 rings (SSSR count). The average Bonchev–Trinajstić information content (AvgIpc) is 3.41. The smallest absolute Gasteiger partial charge is 0.209 e. The molecule has 2 aliphatic rings. The van der Waals surface area contributed by atoms with E-state index in [2.05, 4.69) is 59.4 Å². The fourth-order valence-corrected chi connectivity index (χ4v) is 4.82. The Labute approximate surface area is 174 Å². The van der Waals surface area contributed by atoms with Crippen LogP contribution in [0.1, 0.15) is 55.6 Å². The SMILES string of the molecule is CCC[C@@H](c1nnnn1C[C@H]1CCCO1)[NH+]1CCN(c2cc(C)ccc2C)CC1. The summed E-state index contributed by atoms with van der Waals surface area (Å²) in [5, 5.41) is 12.8. The van der Waals surface area contributed by atoms with E-state index < -0.39 is 0 Å². The number of hydrogen-bond donors (Lipinski definition) is 1. The third-order valence-electron chi connectivity index (χ3n) is 6.45. The predicted molar refractivity (Wildman–Crippen MR) is 113 cm³/mol. The highest BCUT2D eigenvalue weighted by Crippen LogP contribution is 2.22. The molecule has 0 saturated carbocycles. The van der Waals surface area contributed by atoms with Gasteiger partial charge in [-0.05, 0) is 54.3 Å². The van der Waals surface area contributed by atoms with Crippen molar-refractivity contribution in [3.05, 3.63) is 35.2 Å². The molecule has 0 radical (unpaired) electrons. The summed E-state index contributed by atoms with van der Waals surface area (Å²) in [6, 6.07) is 7.12. The van der Waals surface area contributed by atoms with Crippen molar-refractivity contribution in [3.8, 4) is 0 Å². The van der Waals surface area contributed by atoms with Gasteiger partial charge in [0.1, 0.15) is 6.04 Å². The normalized spacial score (nSPS) is 21.6. The van der Waals surface area contributed by atoms with E-state index in [1.165, 1.54) is 16.8 Å². The second-order valence-electron chi connectivity index (χ2n) is 8.63. The summed E-state index contributed by atoms with van der Waals surface area (Å²) in [5.41, 5.74) is 4.08. The van der Waals surface area contributed by atoms with Gasteiger partial charge in [0.25, 0.3) is 0 Å². The van der Waals surface area contributed by atoms with Crippen LogP contribution in [0.15, 0.2) is 18.2 Å². The van der Waals surface area contributed by atoms with Crippen molar-refractivity contribution in [1.29, 1.82) is 0 Å². The summed E-state index contributed by atoms with van der Waals surface area (Å²) in [4.78, 5) is 4.15. The Hall–Kier alpha value is -1.99. The van der Waals surface area contributed by atoms with E-state index in [0.717, 1.165) is 70.8 Å². The van der Waals surface area contributed by atoms with Crippen LogP contribution in [0, 0.1) is 13.8 Å². The number of ether oxygens (including phenoxy) is 1. The van der Waals surface area contributed by atoms with Crippen LogP contribution in [0.5, 0.6) is 0 Å². The van der Waals surface area contributed by atoms with Gasteiger partial charge < -0.3 is 14.5 Å². The number of piperazine rings is 1. The molecule has 3 heterocycles. The lowest BCUT2D eigenvalue weighted by Crippen LogP contribution is -3.15. The molecule has 1 N–H and O–H groups in total. The first-order valence-corrected chi connectivity index (χ1v) is 11.2. The molecule has 0 aliphatic carbocycles. The molecule has 2 aromatic rings. The first-order valence-electron chi connectivity index (χ1n) is 11.2. The quantitative estimate of drug-likeness (QED) is 0.768. The number of nitrogens with one attached hydrogen (secondary N) is 1. The van der Waals surface area contributed by atoms with Crippen molar-refractivity contribution in [2.24, 2.45) is 0 Å². The van der Waals surface area contributed by atoms with Crippen LogP contribution in [-0.4, -0.2) is 59.1 Å². The van der Waals surface area contributed by atoms with Crippen LogP contribution in [0.4, 0.5) is 5.69 Å². The number of rotatable bonds is 7. The Balaban J connectivity index is 1.45. The third kappa shape index (κ3) is 4.61. The number of aromatic nitrogens is 4. The van der Waals surface area contributed by atoms with Crippen molar-refractivity contribution in [2.75, 3.05) is 37.7 Å². The molecule has 158 valence electrons. The van der Waals surface area contributed by atoms with E-state index >= 15 is 0 Å². The Morgan fingerprint density at radius 2 is 2.07 bits per heavy atom. The maximum absolute atomic E-state index is 5.82. The minimum atomic E-state index is 0.260. The van der Waals surface area contributed by atoms with Crippen LogP contribution < -0.4 is 9.80 Å². The van der Waals surface area contributed by atoms with Gasteiger partial charge in [-0.1, -0.05) is 25.5 Å². The zero-order valence-corrected chi connectivity index (χ0v) is 18.1. The van der Waals surface area contributed by atoms with Crippen LogP contribution in [0.2, 0.25) is 0 Å². The fourth-order valence-electron chi connectivity index (χ4n) is 4.82. The largest absolute Gasteiger partial charge is 0.376 e. The van der Waals surface area contributed by atoms with E-state index in [0.29, 0.717) is 6.04 Å². The van der Waals surface area contributed by atoms with Crippen molar-refractivity contribution >= 4 is 5.69 Å². The summed E-state index contributed by atoms with van der Waals surface area (Å²) >= 11 is 0. The number of aryl methyl sites for hydroxylation is 2. The minimum absolute atomic E-state index is 0.260. The molecule has 2 aliphatic heterocycles. The first kappa shape index (κ1) is 20.3. The topological polar surface area (TPSA) is 60.5 Å². The molecule has 7 heteroatoms. The molecule has 1 aromatic heterocycles. The van der Waals surface area contributed by atoms with Crippen molar-refractivity contribution in [1.82, 2.24) is 20.2 Å². The van der Waals surface area contributed by atoms with Gasteiger partial charge in [0.05, 0.1) is 38.8 Å². The van der Waals surface area contributed by atoms with Gasteiger partial charge in [-0.3, -0.25) is 0 Å². The standard InChI is InChI=1S/C22H34N6O/c1-4-6-20(22-23-24-25-28(22)16-19-7-5-14-29-19)26-10-12-27(13-11-26)21-15-17(2)8-9-18(21)3/h8-9,15,19-20H,4-7,10-14,16H2,1-3H3/p+1/t19-,20+/m1/s1. The summed E-state index contributed by atoms with van der Waals surface area (Å²) in [5.74, 6) is 1.04. The lowest BCUT2D eigenvalue weighted by molar-refractivity contribution is -0.933. The number of tetrazole rings is 1. The van der Waals surface area contributed by atoms with Gasteiger partial charge >= 0.3 is 0 Å². The molecule has 0 unspecified atom stereocenters. The van der Waals surface area contributed by atoms with Crippen LogP contribution >= 0.6 is 0 Å². The number of anilines is 1. The van der Waals surface area contributed by atoms with Gasteiger partial charge in [0.2, 0.25) is 5.82 Å². The van der Waals surface area contributed by atoms with Gasteiger partial charge in [-0.15, -0.1) is 5.10 Å². The molecule has 2 saturated heterocycles. The number of hydrogen-bond acceptors (Lipinski definition) is 5. The Bertz CT molecular complexity index is 792. The monoisotopic (exact) mass is 399 g/mol. The summed E-state index contributed by atoms with van der Waals surface area (Å²) in [6.45, 7) is 12.7. The zero-order chi connectivity index (χ0) is 20.2. The van der Waals surface area contributed by atoms with Gasteiger partial charge in [0, 0.05) is 18.7 Å². The summed E-state index contributed by atoms with van der Waals surface area (Å²) in [6.07, 6.45) is 4.77. The molecular formula is C22H35N6O+. The van der Waals surface area contributed by atoms with E-state index in [1.807, 2.05) is 4.68 Å². The van der Waals surface area contributed by atoms with Crippen LogP contribution in [0.3, 0.4) is 0 Å². The second kappa shape index (κ2) is 9.22. The Morgan fingerprint density at radius 3 is 2.79 bits per heavy atom. The molecule has 0 bridgehead atoms. The van der Waals surface area contributed by atoms with E-state index in [4.69, 9.17) is 4.74 Å². The van der Waals surface area contributed by atoms with E-state index in [1.54, 1.807) is 4.90 Å². The van der Waals surface area contributed by atoms with Gasteiger partial charge in [-0.2, -0.15) is 0 Å². The number of benzene rings is 1. The first-order chi connectivity index (χ1) is 14.2. The Kier molecular flexibility index (Phi) is 6.45. The highest BCUT2D eigenvalue weighted by molar-refractivity contribution is 5.55. The summed E-state index contributed by atoms with van der Waals surface area (Å²) < 4.78 is 7.83. The minimum Gasteiger partial charge on any atom is -0.376 e. The maximum atomic E-state index is 5.82. The summed E-state index contributed by atoms with van der Waals surface area (Å²) in [7, 11) is 0. The lowest BCUT2D eigenvalue weighted by Gasteiger charge is -2.37. The third-order valence-corrected chi connectivity index (χ3v) is 6.45. The number of quaternary nitrogens is 1. The molecule has 2 atom stereocenters. The second-order valence-corrected chi connectivity index (χ2v) is 8.63. The van der Waals surface area contributed by atoms with Gasteiger partial charge in [0.15, 0.2) is 0 Å². The highest BCUT2D eigenvalue weighted by Gasteiger charge is 2.33. The molecule has 7 nitrogen and oxygen atoms in total. The fraction of sp³-hybridized carbons (Fsp3) is 0.682. The Morgan fingerprint density at radius 1 is 1.24 bits per heavy atom. The zero-order valence-electron chi connectivity index (χ0n) is 18.1. The van der Waals surface area contributed by atoms with E-state index in [9.17, 15) is 0 Å². The van der Waals surface area contributed by atoms with Crippen LogP contribution in [0.25, 0.3) is 0 Å². The maximum Gasteiger partial charge on any atom is 0.209 e. The molecule has 0 amide bonds. The highest BCUT2D eigenvalue weighted by atomic mass is 16.5. The van der Waals surface area contributed by atoms with Crippen molar-refractivity contribution in [2.45, 2.75) is 65.1 Å². The van der Waals surface area contributed by atoms with Crippen molar-refractivity contribution < 1.29 is 9.64 Å². The lowest BCUT2D eigenvalue weighted by atomic mass is 10.1. The average molecular weight is 400 g/mol. The molecule has 29 heavy (non-hydrogen) atoms. The van der Waals surface area contributed by atoms with Crippen molar-refractivity contribution in [3.63, 3.8) is 0 Å². The van der Waals surface area contributed by atoms with E-state index in [-0.39, 0.29) is 6.10 Å². The molecule has 0 spiro atoms. The van der Waals surface area contributed by atoms with Crippen LogP contribution in [-0.2, 0) is 11.3 Å². The van der Waals surface area contributed by atoms with Gasteiger partial charge in [-0.25, -0.2) is 4.68 Å². The number of nitrogens with zero attached hydrogens (tertiary/aromatic N) is 5. The molecule has 2 fully saturated rings. The molecular weight excluding hydrogens is 364 g/mol.